The van der Waals surface area contributed by atoms with Gasteiger partial charge in [0.05, 0.1) is 0 Å². The summed E-state index contributed by atoms with van der Waals surface area (Å²) in [5, 5.41) is 19.8. The Balaban J connectivity index is 2.41. The van der Waals surface area contributed by atoms with Crippen molar-refractivity contribution in [1.29, 1.82) is 0 Å². The lowest BCUT2D eigenvalue weighted by Gasteiger charge is -2.32. The SMILES string of the molecule is CCCCCCC(C)(c1ccc(O)cc1)c1cc(F)ccc1O. The molecule has 0 spiro atoms. The van der Waals surface area contributed by atoms with Crippen LogP contribution in [-0.4, -0.2) is 10.2 Å². The maximum atomic E-state index is 13.7. The van der Waals surface area contributed by atoms with Crippen LogP contribution in [0.2, 0.25) is 0 Å². The molecule has 1 unspecified atom stereocenters. The van der Waals surface area contributed by atoms with Crippen molar-refractivity contribution in [3.8, 4) is 11.5 Å². The van der Waals surface area contributed by atoms with Crippen LogP contribution >= 0.6 is 0 Å². The van der Waals surface area contributed by atoms with Crippen LogP contribution in [0.15, 0.2) is 42.5 Å². The van der Waals surface area contributed by atoms with Gasteiger partial charge >= 0.3 is 0 Å². The predicted octanol–water partition coefficient (Wildman–Crippen LogP) is 5.51. The third-order valence-corrected chi connectivity index (χ3v) is 4.59. The first kappa shape index (κ1) is 17.3. The molecule has 0 aliphatic carbocycles. The Morgan fingerprint density at radius 2 is 1.65 bits per heavy atom. The number of phenols is 2. The van der Waals surface area contributed by atoms with Gasteiger partial charge in [0.15, 0.2) is 0 Å². The molecule has 2 rings (SSSR count). The molecule has 0 saturated carbocycles. The molecule has 2 nitrogen and oxygen atoms in total. The molecule has 0 saturated heterocycles. The first-order valence-corrected chi connectivity index (χ1v) is 8.26. The van der Waals surface area contributed by atoms with Crippen molar-refractivity contribution in [1.82, 2.24) is 0 Å². The number of aromatic hydroxyl groups is 2. The number of hydrogen-bond donors (Lipinski definition) is 2. The van der Waals surface area contributed by atoms with Gasteiger partial charge in [-0.2, -0.15) is 0 Å². The van der Waals surface area contributed by atoms with Crippen molar-refractivity contribution in [2.24, 2.45) is 0 Å². The van der Waals surface area contributed by atoms with Crippen LogP contribution in [0.5, 0.6) is 11.5 Å². The molecule has 124 valence electrons. The highest BCUT2D eigenvalue weighted by molar-refractivity contribution is 5.47. The number of hydrogen-bond acceptors (Lipinski definition) is 2. The molecule has 2 aromatic rings. The maximum absolute atomic E-state index is 13.7. The Morgan fingerprint density at radius 3 is 2.30 bits per heavy atom. The minimum atomic E-state index is -0.492. The van der Waals surface area contributed by atoms with Crippen LogP contribution in [0, 0.1) is 5.82 Å². The smallest absolute Gasteiger partial charge is 0.123 e. The molecular weight excluding hydrogens is 291 g/mol. The average molecular weight is 316 g/mol. The van der Waals surface area contributed by atoms with E-state index >= 15 is 0 Å². The van der Waals surface area contributed by atoms with E-state index in [-0.39, 0.29) is 17.3 Å². The summed E-state index contributed by atoms with van der Waals surface area (Å²) in [5.74, 6) is -0.0422. The molecule has 0 aromatic heterocycles. The lowest BCUT2D eigenvalue weighted by molar-refractivity contribution is 0.420. The number of halogens is 1. The van der Waals surface area contributed by atoms with Crippen molar-refractivity contribution in [3.05, 3.63) is 59.4 Å². The minimum absolute atomic E-state index is 0.109. The Labute approximate surface area is 137 Å². The summed E-state index contributed by atoms with van der Waals surface area (Å²) in [7, 11) is 0. The maximum Gasteiger partial charge on any atom is 0.123 e. The molecule has 23 heavy (non-hydrogen) atoms. The van der Waals surface area contributed by atoms with Gasteiger partial charge in [0, 0.05) is 11.0 Å². The van der Waals surface area contributed by atoms with Crippen LogP contribution in [0.3, 0.4) is 0 Å². The predicted molar refractivity (Wildman–Crippen MR) is 91.4 cm³/mol. The number of phenolic OH excluding ortho intramolecular Hbond substituents is 2. The van der Waals surface area contributed by atoms with E-state index in [0.29, 0.717) is 5.56 Å². The Bertz CT molecular complexity index is 637. The van der Waals surface area contributed by atoms with Gasteiger partial charge in [0.1, 0.15) is 17.3 Å². The summed E-state index contributed by atoms with van der Waals surface area (Å²) in [6.45, 7) is 4.19. The van der Waals surface area contributed by atoms with Crippen LogP contribution in [0.4, 0.5) is 4.39 Å². The number of benzene rings is 2. The van der Waals surface area contributed by atoms with E-state index in [2.05, 4.69) is 6.92 Å². The van der Waals surface area contributed by atoms with Gasteiger partial charge in [0.25, 0.3) is 0 Å². The molecule has 1 atom stereocenters. The molecular formula is C20H25FO2. The fraction of sp³-hybridized carbons (Fsp3) is 0.400. The van der Waals surface area contributed by atoms with Crippen molar-refractivity contribution >= 4 is 0 Å². The Hall–Kier alpha value is -2.03. The van der Waals surface area contributed by atoms with Crippen molar-refractivity contribution in [2.45, 2.75) is 51.4 Å². The second-order valence-electron chi connectivity index (χ2n) is 6.35. The van der Waals surface area contributed by atoms with Crippen LogP contribution < -0.4 is 0 Å². The van der Waals surface area contributed by atoms with E-state index in [1.807, 2.05) is 19.1 Å². The topological polar surface area (TPSA) is 40.5 Å². The standard InChI is InChI=1S/C20H25FO2/c1-3-4-5-6-13-20(2,15-7-10-17(22)11-8-15)18-14-16(21)9-12-19(18)23/h7-12,14,22-23H,3-6,13H2,1-2H3. The fourth-order valence-electron chi connectivity index (χ4n) is 3.12. The summed E-state index contributed by atoms with van der Waals surface area (Å²) in [5.41, 5.74) is 1.07. The second-order valence-corrected chi connectivity index (χ2v) is 6.35. The zero-order valence-electron chi connectivity index (χ0n) is 13.8. The summed E-state index contributed by atoms with van der Waals surface area (Å²) < 4.78 is 13.7. The highest BCUT2D eigenvalue weighted by Crippen LogP contribution is 2.41. The fourth-order valence-corrected chi connectivity index (χ4v) is 3.12. The molecule has 0 amide bonds. The molecule has 0 bridgehead atoms. The second kappa shape index (κ2) is 7.49. The molecule has 0 radical (unpaired) electrons. The third-order valence-electron chi connectivity index (χ3n) is 4.59. The third kappa shape index (κ3) is 4.04. The highest BCUT2D eigenvalue weighted by atomic mass is 19.1. The van der Waals surface area contributed by atoms with Crippen LogP contribution in [0.25, 0.3) is 0 Å². The van der Waals surface area contributed by atoms with E-state index in [4.69, 9.17) is 0 Å². The number of unbranched alkanes of at least 4 members (excludes halogenated alkanes) is 3. The largest absolute Gasteiger partial charge is 0.508 e. The van der Waals surface area contributed by atoms with Gasteiger partial charge in [-0.15, -0.1) is 0 Å². The van der Waals surface area contributed by atoms with Crippen molar-refractivity contribution < 1.29 is 14.6 Å². The Kier molecular flexibility index (Phi) is 5.64. The highest BCUT2D eigenvalue weighted by Gasteiger charge is 2.31. The van der Waals surface area contributed by atoms with Crippen molar-refractivity contribution in [3.63, 3.8) is 0 Å². The zero-order valence-corrected chi connectivity index (χ0v) is 13.8. The van der Waals surface area contributed by atoms with Gasteiger partial charge < -0.3 is 10.2 Å². The molecule has 2 aromatic carbocycles. The van der Waals surface area contributed by atoms with E-state index < -0.39 is 5.41 Å². The van der Waals surface area contributed by atoms with Gasteiger partial charge in [-0.05, 0) is 42.3 Å². The normalized spacial score (nSPS) is 13.7. The molecule has 3 heteroatoms. The van der Waals surface area contributed by atoms with E-state index in [9.17, 15) is 14.6 Å². The van der Waals surface area contributed by atoms with Crippen molar-refractivity contribution in [2.75, 3.05) is 0 Å². The van der Waals surface area contributed by atoms with Crippen LogP contribution in [0.1, 0.15) is 57.1 Å². The van der Waals surface area contributed by atoms with Gasteiger partial charge in [-0.25, -0.2) is 4.39 Å². The minimum Gasteiger partial charge on any atom is -0.508 e. The molecule has 0 aliphatic heterocycles. The quantitative estimate of drug-likeness (QED) is 0.661. The van der Waals surface area contributed by atoms with Gasteiger partial charge in [-0.3, -0.25) is 0 Å². The van der Waals surface area contributed by atoms with E-state index in [0.717, 1.165) is 31.2 Å². The summed E-state index contributed by atoms with van der Waals surface area (Å²) in [6, 6.07) is 11.1. The summed E-state index contributed by atoms with van der Waals surface area (Å²) in [4.78, 5) is 0. The summed E-state index contributed by atoms with van der Waals surface area (Å²) >= 11 is 0. The lowest BCUT2D eigenvalue weighted by atomic mass is 9.72. The Morgan fingerprint density at radius 1 is 0.957 bits per heavy atom. The summed E-state index contributed by atoms with van der Waals surface area (Å²) in [6.07, 6.45) is 5.25. The monoisotopic (exact) mass is 316 g/mol. The lowest BCUT2D eigenvalue weighted by Crippen LogP contribution is -2.24. The average Bonchev–Trinajstić information content (AvgIpc) is 2.54. The van der Waals surface area contributed by atoms with E-state index in [1.165, 1.54) is 24.6 Å². The van der Waals surface area contributed by atoms with Gasteiger partial charge in [-0.1, -0.05) is 51.7 Å². The van der Waals surface area contributed by atoms with E-state index in [1.54, 1.807) is 12.1 Å². The van der Waals surface area contributed by atoms with Gasteiger partial charge in [0.2, 0.25) is 0 Å². The first-order chi connectivity index (χ1) is 11.0. The zero-order chi connectivity index (χ0) is 16.9. The first-order valence-electron chi connectivity index (χ1n) is 8.26. The molecule has 0 aliphatic rings. The molecule has 0 heterocycles. The molecule has 2 N–H and O–H groups in total. The number of rotatable bonds is 7. The van der Waals surface area contributed by atoms with Crippen LogP contribution in [-0.2, 0) is 5.41 Å². The molecule has 0 fully saturated rings.